The van der Waals surface area contributed by atoms with Crippen LogP contribution >= 0.6 is 0 Å². The number of hydrogen-bond donors (Lipinski definition) is 2. The van der Waals surface area contributed by atoms with Crippen molar-refractivity contribution >= 4 is 11.9 Å². The number of alkyl halides is 26. The highest BCUT2D eigenvalue weighted by molar-refractivity contribution is 5.89. The van der Waals surface area contributed by atoms with Gasteiger partial charge in [-0.05, 0) is 18.4 Å². The van der Waals surface area contributed by atoms with Gasteiger partial charge in [0.1, 0.15) is 0 Å². The van der Waals surface area contributed by atoms with Gasteiger partial charge in [0.05, 0.1) is 0 Å². The molecular weight excluding hydrogens is 822 g/mol. The normalized spacial score (nSPS) is 16.3. The summed E-state index contributed by atoms with van der Waals surface area (Å²) in [6, 6.07) is 0. The van der Waals surface area contributed by atoms with Gasteiger partial charge in [-0.2, -0.15) is 114 Å². The number of rotatable bonds is 17. The van der Waals surface area contributed by atoms with Gasteiger partial charge in [-0.1, -0.05) is 6.08 Å². The molecule has 52 heavy (non-hydrogen) atoms. The minimum Gasteiger partial charge on any atom is -0.478 e. The molecule has 0 aliphatic carbocycles. The summed E-state index contributed by atoms with van der Waals surface area (Å²) in [6.45, 7) is 0. The number of carboxylic acid groups (broad SMARTS) is 2. The highest BCUT2D eigenvalue weighted by atomic mass is 19.4. The molecule has 30 heteroatoms. The number of aliphatic carboxylic acids is 2. The molecule has 0 rings (SSSR count). The highest BCUT2D eigenvalue weighted by Crippen LogP contribution is 2.62. The lowest BCUT2D eigenvalue weighted by atomic mass is 9.88. The Morgan fingerprint density at radius 2 is 0.654 bits per heavy atom. The predicted octanol–water partition coefficient (Wildman–Crippen LogP) is 10.0. The first-order chi connectivity index (χ1) is 22.3. The SMILES string of the molecule is O=C(O)/C=C\C(CCC(F)(F)C(F)(F)C(F)(F)C(F)(F)C(F)(F)C(F)(F)F)=C(\CCC(F)(F)C(F)(F)C(F)(F)C(F)(F)C(F)(F)C(F)(F)F)C(=O)O. The Hall–Kier alpha value is -3.40. The van der Waals surface area contributed by atoms with Crippen molar-refractivity contribution in [2.45, 2.75) is 97.3 Å². The molecule has 4 nitrogen and oxygen atoms in total. The van der Waals surface area contributed by atoms with E-state index in [1.165, 1.54) is 0 Å². The maximum Gasteiger partial charge on any atom is 0.460 e. The number of carboxylic acids is 2. The molecule has 0 aromatic carbocycles. The van der Waals surface area contributed by atoms with Crippen LogP contribution in [-0.2, 0) is 9.59 Å². The van der Waals surface area contributed by atoms with E-state index in [-0.39, 0.29) is 0 Å². The van der Waals surface area contributed by atoms with Gasteiger partial charge in [-0.15, -0.1) is 0 Å². The molecule has 0 bridgehead atoms. The largest absolute Gasteiger partial charge is 0.478 e. The van der Waals surface area contributed by atoms with Crippen LogP contribution in [0.4, 0.5) is 114 Å². The van der Waals surface area contributed by atoms with Crippen LogP contribution in [0.1, 0.15) is 25.7 Å². The molecule has 0 aromatic heterocycles. The second-order valence-electron chi connectivity index (χ2n) is 9.98. The van der Waals surface area contributed by atoms with E-state index in [1.807, 2.05) is 0 Å². The van der Waals surface area contributed by atoms with E-state index in [2.05, 4.69) is 0 Å². The second kappa shape index (κ2) is 13.8. The summed E-state index contributed by atoms with van der Waals surface area (Å²) in [5, 5.41) is 17.6. The predicted molar refractivity (Wildman–Crippen MR) is 111 cm³/mol. The van der Waals surface area contributed by atoms with Crippen molar-refractivity contribution < 1.29 is 134 Å². The second-order valence-corrected chi connectivity index (χ2v) is 9.98. The zero-order valence-corrected chi connectivity index (χ0v) is 23.5. The quantitative estimate of drug-likeness (QED) is 0.0870. The lowest BCUT2D eigenvalue weighted by Crippen LogP contribution is -2.70. The molecule has 0 aliphatic heterocycles. The molecule has 0 radical (unpaired) electrons. The lowest BCUT2D eigenvalue weighted by molar-refractivity contribution is -0.440. The minimum absolute atomic E-state index is 0.548. The minimum atomic E-state index is -8.47. The standard InChI is InChI=1S/C22H12F26O4/c23-11(24,13(27,28)15(31,32)17(35,36)19(39,40)21(43,44)45)5-3-7(1-2-9(49)50)8(10(51)52)4-6-12(25,26)14(29,30)16(33,34)18(37,38)20(41,42)22(46,47)48/h1-2H,3-6H2,(H,49,50)(H,51,52)/b2-1-,8-7+. The summed E-state index contributed by atoms with van der Waals surface area (Å²) >= 11 is 0. The maximum absolute atomic E-state index is 14.2. The maximum atomic E-state index is 14.2. The molecule has 306 valence electrons. The summed E-state index contributed by atoms with van der Waals surface area (Å²) in [4.78, 5) is 22.2. The third-order valence-corrected chi connectivity index (χ3v) is 6.47. The third-order valence-electron chi connectivity index (χ3n) is 6.47. The molecule has 0 spiro atoms. The number of hydrogen-bond acceptors (Lipinski definition) is 2. The Balaban J connectivity index is 7.08. The van der Waals surface area contributed by atoms with Gasteiger partial charge in [0, 0.05) is 24.5 Å². The van der Waals surface area contributed by atoms with Gasteiger partial charge in [0.2, 0.25) is 0 Å². The molecule has 0 atom stereocenters. The van der Waals surface area contributed by atoms with E-state index in [4.69, 9.17) is 10.2 Å². The summed E-state index contributed by atoms with van der Waals surface area (Å²) in [6.07, 6.45) is -29.2. The first kappa shape index (κ1) is 48.6. The monoisotopic (exact) mass is 834 g/mol. The van der Waals surface area contributed by atoms with Crippen LogP contribution in [-0.4, -0.2) is 93.7 Å². The zero-order chi connectivity index (χ0) is 42.6. The average Bonchev–Trinajstić information content (AvgIpc) is 2.91. The molecule has 0 amide bonds. The number of allylic oxidation sites excluding steroid dienone is 2. The van der Waals surface area contributed by atoms with E-state index >= 15 is 0 Å². The van der Waals surface area contributed by atoms with Crippen LogP contribution in [0.15, 0.2) is 23.3 Å². The van der Waals surface area contributed by atoms with Crippen molar-refractivity contribution in [2.24, 2.45) is 0 Å². The Morgan fingerprint density at radius 1 is 0.385 bits per heavy atom. The van der Waals surface area contributed by atoms with E-state index in [1.54, 1.807) is 0 Å². The molecule has 2 N–H and O–H groups in total. The molecule has 0 saturated heterocycles. The Morgan fingerprint density at radius 3 is 0.904 bits per heavy atom. The van der Waals surface area contributed by atoms with Crippen molar-refractivity contribution in [1.82, 2.24) is 0 Å². The fourth-order valence-corrected chi connectivity index (χ4v) is 3.40. The van der Waals surface area contributed by atoms with Crippen molar-refractivity contribution in [3.8, 4) is 0 Å². The van der Waals surface area contributed by atoms with Gasteiger partial charge >= 0.3 is 83.5 Å². The average molecular weight is 834 g/mol. The lowest BCUT2D eigenvalue weighted by Gasteiger charge is -2.40. The van der Waals surface area contributed by atoms with Crippen molar-refractivity contribution in [1.29, 1.82) is 0 Å². The van der Waals surface area contributed by atoms with Gasteiger partial charge in [0.25, 0.3) is 0 Å². The topological polar surface area (TPSA) is 74.6 Å². The van der Waals surface area contributed by atoms with E-state index in [0.29, 0.717) is 0 Å². The molecule has 0 fully saturated rings. The number of halogens is 26. The van der Waals surface area contributed by atoms with E-state index in [0.717, 1.165) is 0 Å². The number of carbonyl (C=O) groups is 2. The van der Waals surface area contributed by atoms with Gasteiger partial charge in [-0.3, -0.25) is 0 Å². The van der Waals surface area contributed by atoms with Crippen LogP contribution in [0.25, 0.3) is 0 Å². The Labute approximate surface area is 267 Å². The van der Waals surface area contributed by atoms with Crippen molar-refractivity contribution in [3.05, 3.63) is 23.3 Å². The fourth-order valence-electron chi connectivity index (χ4n) is 3.40. The summed E-state index contributed by atoms with van der Waals surface area (Å²) in [5.41, 5.74) is -4.57. The van der Waals surface area contributed by atoms with Crippen molar-refractivity contribution in [2.75, 3.05) is 0 Å². The van der Waals surface area contributed by atoms with E-state index in [9.17, 15) is 124 Å². The Bertz CT molecular complexity index is 1380. The first-order valence-corrected chi connectivity index (χ1v) is 12.1. The highest BCUT2D eigenvalue weighted by Gasteiger charge is 2.92. The molecular formula is C22H12F26O4. The summed E-state index contributed by atoms with van der Waals surface area (Å²) in [5.74, 6) is -86.1. The van der Waals surface area contributed by atoms with Gasteiger partial charge in [0.15, 0.2) is 0 Å². The molecule has 0 aliphatic rings. The first-order valence-electron chi connectivity index (χ1n) is 12.1. The molecule has 0 saturated carbocycles. The van der Waals surface area contributed by atoms with Gasteiger partial charge < -0.3 is 10.2 Å². The summed E-state index contributed by atoms with van der Waals surface area (Å²) < 4.78 is 346. The molecule has 0 aromatic rings. The van der Waals surface area contributed by atoms with Crippen LogP contribution in [0.5, 0.6) is 0 Å². The molecule has 0 heterocycles. The van der Waals surface area contributed by atoms with Crippen LogP contribution in [0.3, 0.4) is 0 Å². The van der Waals surface area contributed by atoms with Crippen LogP contribution in [0, 0.1) is 0 Å². The summed E-state index contributed by atoms with van der Waals surface area (Å²) in [7, 11) is 0. The smallest absolute Gasteiger partial charge is 0.460 e. The van der Waals surface area contributed by atoms with E-state index < -0.39 is 132 Å². The third kappa shape index (κ3) is 7.78. The fraction of sp³-hybridized carbons (Fsp3) is 0.727. The van der Waals surface area contributed by atoms with Crippen molar-refractivity contribution in [3.63, 3.8) is 0 Å². The molecule has 0 unspecified atom stereocenters. The van der Waals surface area contributed by atoms with Crippen LogP contribution in [0.2, 0.25) is 0 Å². The van der Waals surface area contributed by atoms with Gasteiger partial charge in [-0.25, -0.2) is 9.59 Å². The Kier molecular flexibility index (Phi) is 12.9. The zero-order valence-electron chi connectivity index (χ0n) is 23.5. The van der Waals surface area contributed by atoms with Crippen LogP contribution < -0.4 is 0 Å².